The van der Waals surface area contributed by atoms with Crippen molar-refractivity contribution in [2.45, 2.75) is 37.8 Å². The summed E-state index contributed by atoms with van der Waals surface area (Å²) in [4.78, 5) is 25.9. The van der Waals surface area contributed by atoms with Gasteiger partial charge in [0.05, 0.1) is 12.6 Å². The number of carboxylic acid groups (broad SMARTS) is 1. The number of benzene rings is 1. The van der Waals surface area contributed by atoms with Gasteiger partial charge < -0.3 is 15.5 Å². The van der Waals surface area contributed by atoms with Gasteiger partial charge >= 0.3 is 5.97 Å². The molecule has 2 fully saturated rings. The Morgan fingerprint density at radius 2 is 1.92 bits per heavy atom. The average molecular weight is 332 g/mol. The normalized spacial score (nSPS) is 27.6. The Hall–Kier alpha value is -1.92. The molecule has 24 heavy (non-hydrogen) atoms. The molecule has 0 radical (unpaired) electrons. The number of aliphatic hydroxyl groups excluding tert-OH is 1. The molecule has 1 aliphatic heterocycles. The minimum absolute atomic E-state index is 0.0621. The second kappa shape index (κ2) is 6.91. The fourth-order valence-corrected chi connectivity index (χ4v) is 3.42. The van der Waals surface area contributed by atoms with E-state index in [-0.39, 0.29) is 25.4 Å². The largest absolute Gasteiger partial charge is 0.481 e. The highest BCUT2D eigenvalue weighted by atomic mass is 16.4. The zero-order valence-corrected chi connectivity index (χ0v) is 13.6. The molecule has 0 spiro atoms. The molecule has 130 valence electrons. The highest BCUT2D eigenvalue weighted by Gasteiger charge is 2.49. The number of nitrogens with zero attached hydrogens (tertiary/aromatic N) is 1. The molecular weight excluding hydrogens is 308 g/mol. The monoisotopic (exact) mass is 332 g/mol. The van der Waals surface area contributed by atoms with Crippen molar-refractivity contribution >= 4 is 11.9 Å². The number of hydrogen-bond donors (Lipinski definition) is 3. The van der Waals surface area contributed by atoms with Crippen LogP contribution in [0, 0.1) is 5.41 Å². The summed E-state index contributed by atoms with van der Waals surface area (Å²) in [5, 5.41) is 23.2. The Morgan fingerprint density at radius 3 is 2.54 bits per heavy atom. The van der Waals surface area contributed by atoms with E-state index in [1.165, 1.54) is 0 Å². The van der Waals surface area contributed by atoms with Gasteiger partial charge in [-0.3, -0.25) is 14.5 Å². The van der Waals surface area contributed by atoms with Crippen LogP contribution in [0.25, 0.3) is 0 Å². The molecule has 1 aromatic carbocycles. The van der Waals surface area contributed by atoms with Crippen LogP contribution in [-0.4, -0.2) is 58.8 Å². The summed E-state index contributed by atoms with van der Waals surface area (Å²) in [5.41, 5.74) is -0.400. The number of rotatable bonds is 6. The molecule has 1 unspecified atom stereocenters. The molecule has 1 saturated heterocycles. The summed E-state index contributed by atoms with van der Waals surface area (Å²) in [6.07, 6.45) is 1.74. The smallest absolute Gasteiger partial charge is 0.313 e. The molecule has 0 aromatic heterocycles. The topological polar surface area (TPSA) is 89.9 Å². The van der Waals surface area contributed by atoms with E-state index < -0.39 is 17.5 Å². The quantitative estimate of drug-likeness (QED) is 0.711. The summed E-state index contributed by atoms with van der Waals surface area (Å²) in [6, 6.07) is 9.64. The van der Waals surface area contributed by atoms with Crippen molar-refractivity contribution < 1.29 is 19.8 Å². The van der Waals surface area contributed by atoms with Crippen molar-refractivity contribution in [3.63, 3.8) is 0 Å². The summed E-state index contributed by atoms with van der Waals surface area (Å²) in [5.74, 6) is -1.07. The molecular formula is C18H24N2O4. The van der Waals surface area contributed by atoms with Crippen molar-refractivity contribution in [2.75, 3.05) is 19.6 Å². The number of likely N-dealkylation sites (tertiary alicyclic amines) is 1. The number of amides is 1. The van der Waals surface area contributed by atoms with E-state index in [9.17, 15) is 19.8 Å². The second-order valence-corrected chi connectivity index (χ2v) is 6.98. The van der Waals surface area contributed by atoms with Gasteiger partial charge in [-0.15, -0.1) is 0 Å². The third-order valence-electron chi connectivity index (χ3n) is 4.96. The number of hydrogen-bond acceptors (Lipinski definition) is 4. The number of nitrogens with one attached hydrogen (secondary N) is 1. The van der Waals surface area contributed by atoms with Gasteiger partial charge in [0.15, 0.2) is 0 Å². The van der Waals surface area contributed by atoms with Crippen molar-refractivity contribution in [1.29, 1.82) is 0 Å². The molecule has 1 saturated carbocycles. The van der Waals surface area contributed by atoms with Gasteiger partial charge in [-0.1, -0.05) is 30.3 Å². The van der Waals surface area contributed by atoms with E-state index in [1.54, 1.807) is 0 Å². The highest BCUT2D eigenvalue weighted by molar-refractivity contribution is 5.79. The van der Waals surface area contributed by atoms with Crippen LogP contribution in [0.1, 0.15) is 24.8 Å². The van der Waals surface area contributed by atoms with Gasteiger partial charge in [0.2, 0.25) is 5.91 Å². The molecule has 6 heteroatoms. The summed E-state index contributed by atoms with van der Waals surface area (Å²) >= 11 is 0. The zero-order chi connectivity index (χ0) is 17.2. The molecule has 2 atom stereocenters. The molecule has 0 bridgehead atoms. The first-order chi connectivity index (χ1) is 11.5. The van der Waals surface area contributed by atoms with E-state index in [2.05, 4.69) is 5.32 Å². The zero-order valence-electron chi connectivity index (χ0n) is 13.6. The van der Waals surface area contributed by atoms with Crippen LogP contribution in [0.4, 0.5) is 0 Å². The van der Waals surface area contributed by atoms with Crippen LogP contribution < -0.4 is 5.32 Å². The first-order valence-corrected chi connectivity index (χ1v) is 8.47. The standard InChI is InChI=1S/C18H24N2O4/c21-15-8-9-20(11-16(22)19-14-6-7-14)12-18(15,17(23)24)10-13-4-2-1-3-5-13/h1-5,14-15,21H,6-12H2,(H,19,22)(H,23,24)/t15?,18-/m0/s1. The van der Waals surface area contributed by atoms with E-state index in [0.29, 0.717) is 19.0 Å². The van der Waals surface area contributed by atoms with Gasteiger partial charge in [0, 0.05) is 19.1 Å². The number of carbonyl (C=O) groups excluding carboxylic acids is 1. The van der Waals surface area contributed by atoms with Crippen LogP contribution in [0.3, 0.4) is 0 Å². The Labute approximate surface area is 141 Å². The van der Waals surface area contributed by atoms with Crippen LogP contribution >= 0.6 is 0 Å². The van der Waals surface area contributed by atoms with Crippen LogP contribution in [0.2, 0.25) is 0 Å². The van der Waals surface area contributed by atoms with Crippen molar-refractivity contribution in [3.8, 4) is 0 Å². The number of carbonyl (C=O) groups is 2. The lowest BCUT2D eigenvalue weighted by atomic mass is 9.73. The maximum absolute atomic E-state index is 12.0. The lowest BCUT2D eigenvalue weighted by molar-refractivity contribution is -0.164. The number of carboxylic acids is 1. The van der Waals surface area contributed by atoms with E-state index >= 15 is 0 Å². The molecule has 1 amide bonds. The molecule has 3 rings (SSSR count). The third kappa shape index (κ3) is 3.76. The third-order valence-corrected chi connectivity index (χ3v) is 4.96. The lowest BCUT2D eigenvalue weighted by Gasteiger charge is -2.43. The Morgan fingerprint density at radius 1 is 1.21 bits per heavy atom. The molecule has 1 heterocycles. The van der Waals surface area contributed by atoms with Crippen LogP contribution in [0.5, 0.6) is 0 Å². The predicted octanol–water partition coefficient (Wildman–Crippen LogP) is 0.645. The Kier molecular flexibility index (Phi) is 4.87. The van der Waals surface area contributed by atoms with Gasteiger partial charge in [-0.05, 0) is 31.2 Å². The van der Waals surface area contributed by atoms with Crippen LogP contribution in [-0.2, 0) is 16.0 Å². The highest BCUT2D eigenvalue weighted by Crippen LogP contribution is 2.34. The van der Waals surface area contributed by atoms with Crippen LogP contribution in [0.15, 0.2) is 30.3 Å². The molecule has 2 aliphatic rings. The molecule has 1 aliphatic carbocycles. The summed E-state index contributed by atoms with van der Waals surface area (Å²) in [7, 11) is 0. The SMILES string of the molecule is O=C(CN1CCC(O)[C@@](Cc2ccccc2)(C(=O)O)C1)NC1CC1. The lowest BCUT2D eigenvalue weighted by Crippen LogP contribution is -2.58. The maximum atomic E-state index is 12.0. The average Bonchev–Trinajstić information content (AvgIpc) is 3.35. The number of aliphatic carboxylic acids is 1. The maximum Gasteiger partial charge on any atom is 0.313 e. The van der Waals surface area contributed by atoms with Gasteiger partial charge in [0.25, 0.3) is 0 Å². The second-order valence-electron chi connectivity index (χ2n) is 6.98. The fourth-order valence-electron chi connectivity index (χ4n) is 3.42. The first kappa shape index (κ1) is 16.9. The van der Waals surface area contributed by atoms with Gasteiger partial charge in [-0.2, -0.15) is 0 Å². The van der Waals surface area contributed by atoms with Crippen molar-refractivity contribution in [1.82, 2.24) is 10.2 Å². The Bertz CT molecular complexity index is 602. The summed E-state index contributed by atoms with van der Waals surface area (Å²) in [6.45, 7) is 0.895. The number of piperidine rings is 1. The molecule has 1 aromatic rings. The van der Waals surface area contributed by atoms with Gasteiger partial charge in [-0.25, -0.2) is 0 Å². The predicted molar refractivity (Wildman–Crippen MR) is 88.4 cm³/mol. The van der Waals surface area contributed by atoms with E-state index in [4.69, 9.17) is 0 Å². The number of aliphatic hydroxyl groups is 1. The summed E-state index contributed by atoms with van der Waals surface area (Å²) < 4.78 is 0. The Balaban J connectivity index is 1.72. The van der Waals surface area contributed by atoms with Crippen molar-refractivity contribution in [3.05, 3.63) is 35.9 Å². The minimum Gasteiger partial charge on any atom is -0.481 e. The van der Waals surface area contributed by atoms with Gasteiger partial charge in [0.1, 0.15) is 5.41 Å². The molecule has 6 nitrogen and oxygen atoms in total. The minimum atomic E-state index is -1.28. The first-order valence-electron chi connectivity index (χ1n) is 8.47. The van der Waals surface area contributed by atoms with E-state index in [1.807, 2.05) is 35.2 Å². The van der Waals surface area contributed by atoms with E-state index in [0.717, 1.165) is 18.4 Å². The van der Waals surface area contributed by atoms with Crippen molar-refractivity contribution in [2.24, 2.45) is 5.41 Å². The molecule has 3 N–H and O–H groups in total. The fraction of sp³-hybridized carbons (Fsp3) is 0.556.